The van der Waals surface area contributed by atoms with Gasteiger partial charge in [-0.2, -0.15) is 5.10 Å². The van der Waals surface area contributed by atoms with Gasteiger partial charge in [0, 0.05) is 17.6 Å². The molecule has 1 fully saturated rings. The number of pyridine rings is 1. The van der Waals surface area contributed by atoms with Gasteiger partial charge in [-0.05, 0) is 25.0 Å². The standard InChI is InChI=1S/C15H11FN4O3/c16-11-3-9-12(4-13(11)20-7-17-6-18-20)19(8-1-2-8)5-10(14(9)21)15(22)23/h3-8H,1-2H2,(H,22,23). The number of carboxylic acids is 1. The van der Waals surface area contributed by atoms with Gasteiger partial charge >= 0.3 is 5.97 Å². The number of rotatable bonds is 3. The van der Waals surface area contributed by atoms with Gasteiger partial charge in [-0.1, -0.05) is 0 Å². The molecule has 8 heteroatoms. The van der Waals surface area contributed by atoms with Crippen LogP contribution in [-0.2, 0) is 0 Å². The molecule has 4 rings (SSSR count). The van der Waals surface area contributed by atoms with E-state index in [0.29, 0.717) is 5.52 Å². The topological polar surface area (TPSA) is 90.0 Å². The zero-order valence-electron chi connectivity index (χ0n) is 11.8. The summed E-state index contributed by atoms with van der Waals surface area (Å²) in [5.74, 6) is -1.97. The summed E-state index contributed by atoms with van der Waals surface area (Å²) >= 11 is 0. The molecule has 1 saturated carbocycles. The van der Waals surface area contributed by atoms with E-state index in [1.807, 2.05) is 0 Å². The van der Waals surface area contributed by atoms with Crippen molar-refractivity contribution < 1.29 is 14.3 Å². The fourth-order valence-corrected chi connectivity index (χ4v) is 2.67. The molecule has 0 unspecified atom stereocenters. The molecule has 0 amide bonds. The number of halogens is 1. The third-order valence-electron chi connectivity index (χ3n) is 3.94. The number of hydrogen-bond donors (Lipinski definition) is 1. The maximum Gasteiger partial charge on any atom is 0.341 e. The second-order valence-electron chi connectivity index (χ2n) is 5.48. The highest BCUT2D eigenvalue weighted by molar-refractivity contribution is 5.93. The lowest BCUT2D eigenvalue weighted by molar-refractivity contribution is 0.0695. The van der Waals surface area contributed by atoms with Crippen LogP contribution in [0.5, 0.6) is 0 Å². The van der Waals surface area contributed by atoms with Crippen LogP contribution in [0.25, 0.3) is 16.6 Å². The third kappa shape index (κ3) is 2.10. The van der Waals surface area contributed by atoms with E-state index in [1.165, 1.54) is 29.6 Å². The van der Waals surface area contributed by atoms with Crippen LogP contribution in [0.4, 0.5) is 4.39 Å². The van der Waals surface area contributed by atoms with Crippen LogP contribution >= 0.6 is 0 Å². The van der Waals surface area contributed by atoms with Crippen molar-refractivity contribution in [2.75, 3.05) is 0 Å². The Bertz CT molecular complexity index is 990. The van der Waals surface area contributed by atoms with E-state index >= 15 is 0 Å². The largest absolute Gasteiger partial charge is 0.477 e. The fraction of sp³-hybridized carbons (Fsp3) is 0.200. The second kappa shape index (κ2) is 4.73. The Labute approximate surface area is 128 Å². The van der Waals surface area contributed by atoms with Crippen LogP contribution in [0.3, 0.4) is 0 Å². The molecule has 1 aromatic carbocycles. The molecule has 3 aromatic rings. The number of carbonyl (C=O) groups is 1. The molecule has 0 aliphatic heterocycles. The Balaban J connectivity index is 2.08. The van der Waals surface area contributed by atoms with Gasteiger partial charge in [0.2, 0.25) is 5.43 Å². The minimum absolute atomic E-state index is 0.0539. The van der Waals surface area contributed by atoms with Gasteiger partial charge in [-0.15, -0.1) is 0 Å². The highest BCUT2D eigenvalue weighted by atomic mass is 19.1. The average Bonchev–Trinajstić information content (AvgIpc) is 3.21. The average molecular weight is 314 g/mol. The maximum atomic E-state index is 14.4. The van der Waals surface area contributed by atoms with E-state index in [-0.39, 0.29) is 22.7 Å². The second-order valence-corrected chi connectivity index (χ2v) is 5.48. The summed E-state index contributed by atoms with van der Waals surface area (Å²) in [7, 11) is 0. The van der Waals surface area contributed by atoms with E-state index in [2.05, 4.69) is 10.1 Å². The predicted molar refractivity (Wildman–Crippen MR) is 78.3 cm³/mol. The van der Waals surface area contributed by atoms with Crippen molar-refractivity contribution in [2.24, 2.45) is 0 Å². The van der Waals surface area contributed by atoms with Crippen molar-refractivity contribution in [2.45, 2.75) is 18.9 Å². The summed E-state index contributed by atoms with van der Waals surface area (Å²) in [5.41, 5.74) is -0.382. The molecule has 116 valence electrons. The van der Waals surface area contributed by atoms with Gasteiger partial charge in [-0.25, -0.2) is 18.9 Å². The summed E-state index contributed by atoms with van der Waals surface area (Å²) in [5, 5.41) is 13.1. The molecule has 0 bridgehead atoms. The zero-order valence-corrected chi connectivity index (χ0v) is 11.8. The lowest BCUT2D eigenvalue weighted by Gasteiger charge is -2.13. The van der Waals surface area contributed by atoms with E-state index in [1.54, 1.807) is 4.57 Å². The molecule has 2 aromatic heterocycles. The molecule has 23 heavy (non-hydrogen) atoms. The molecule has 7 nitrogen and oxygen atoms in total. The van der Waals surface area contributed by atoms with Crippen LogP contribution in [0.2, 0.25) is 0 Å². The summed E-state index contributed by atoms with van der Waals surface area (Å²) < 4.78 is 17.4. The quantitative estimate of drug-likeness (QED) is 0.795. The molecular weight excluding hydrogens is 303 g/mol. The molecule has 2 heterocycles. The van der Waals surface area contributed by atoms with Gasteiger partial charge in [0.15, 0.2) is 0 Å². The SMILES string of the molecule is O=C(O)c1cn(C2CC2)c2cc(-n3cncn3)c(F)cc2c1=O. The predicted octanol–water partition coefficient (Wildman–Crippen LogP) is 1.75. The van der Waals surface area contributed by atoms with E-state index in [0.717, 1.165) is 18.9 Å². The number of aromatic nitrogens is 4. The van der Waals surface area contributed by atoms with Crippen LogP contribution < -0.4 is 5.43 Å². The first-order chi connectivity index (χ1) is 11.1. The highest BCUT2D eigenvalue weighted by Crippen LogP contribution is 2.37. The lowest BCUT2D eigenvalue weighted by atomic mass is 10.1. The van der Waals surface area contributed by atoms with E-state index in [4.69, 9.17) is 0 Å². The number of nitrogens with zero attached hydrogens (tertiary/aromatic N) is 4. The van der Waals surface area contributed by atoms with Crippen molar-refractivity contribution in [3.05, 3.63) is 52.6 Å². The van der Waals surface area contributed by atoms with E-state index < -0.39 is 17.2 Å². The van der Waals surface area contributed by atoms with Gasteiger partial charge in [0.25, 0.3) is 0 Å². The number of fused-ring (bicyclic) bond motifs is 1. The Kier molecular flexibility index (Phi) is 2.80. The monoisotopic (exact) mass is 314 g/mol. The molecule has 1 aliphatic rings. The number of hydrogen-bond acceptors (Lipinski definition) is 4. The van der Waals surface area contributed by atoms with Crippen molar-refractivity contribution in [3.8, 4) is 5.69 Å². The van der Waals surface area contributed by atoms with Crippen LogP contribution in [0.15, 0.2) is 35.8 Å². The summed E-state index contributed by atoms with van der Waals surface area (Å²) in [6.07, 6.45) is 5.77. The van der Waals surface area contributed by atoms with Crippen molar-refractivity contribution >= 4 is 16.9 Å². The third-order valence-corrected chi connectivity index (χ3v) is 3.94. The first-order valence-electron chi connectivity index (χ1n) is 7.03. The van der Waals surface area contributed by atoms with Crippen molar-refractivity contribution in [1.29, 1.82) is 0 Å². The molecule has 0 spiro atoms. The Hall–Kier alpha value is -3.03. The molecule has 0 radical (unpaired) electrons. The molecule has 0 saturated heterocycles. The van der Waals surface area contributed by atoms with Gasteiger partial charge < -0.3 is 9.67 Å². The minimum Gasteiger partial charge on any atom is -0.477 e. The summed E-state index contributed by atoms with van der Waals surface area (Å²) in [6, 6.07) is 2.70. The zero-order chi connectivity index (χ0) is 16.1. The smallest absolute Gasteiger partial charge is 0.341 e. The normalized spacial score (nSPS) is 14.3. The first kappa shape index (κ1) is 13.6. The van der Waals surface area contributed by atoms with Gasteiger partial charge in [-0.3, -0.25) is 4.79 Å². The molecule has 1 aliphatic carbocycles. The number of benzene rings is 1. The van der Waals surface area contributed by atoms with Crippen molar-refractivity contribution in [1.82, 2.24) is 19.3 Å². The van der Waals surface area contributed by atoms with Crippen molar-refractivity contribution in [3.63, 3.8) is 0 Å². The van der Waals surface area contributed by atoms with Gasteiger partial charge in [0.1, 0.15) is 29.7 Å². The summed E-state index contributed by atoms with van der Waals surface area (Å²) in [6.45, 7) is 0. The number of carboxylic acid groups (broad SMARTS) is 1. The van der Waals surface area contributed by atoms with Crippen LogP contribution in [0.1, 0.15) is 29.2 Å². The fourth-order valence-electron chi connectivity index (χ4n) is 2.67. The Morgan fingerprint density at radius 1 is 1.35 bits per heavy atom. The molecular formula is C15H11FN4O3. The minimum atomic E-state index is -1.31. The van der Waals surface area contributed by atoms with E-state index in [9.17, 15) is 19.1 Å². The van der Waals surface area contributed by atoms with Crippen LogP contribution in [-0.4, -0.2) is 30.4 Å². The highest BCUT2D eigenvalue weighted by Gasteiger charge is 2.27. The molecule has 0 atom stereocenters. The maximum absolute atomic E-state index is 14.4. The Morgan fingerprint density at radius 3 is 2.74 bits per heavy atom. The number of aromatic carboxylic acids is 1. The van der Waals surface area contributed by atoms with Crippen LogP contribution in [0, 0.1) is 5.82 Å². The first-order valence-corrected chi connectivity index (χ1v) is 7.03. The Morgan fingerprint density at radius 2 is 2.13 bits per heavy atom. The van der Waals surface area contributed by atoms with Gasteiger partial charge in [0.05, 0.1) is 5.52 Å². The summed E-state index contributed by atoms with van der Waals surface area (Å²) in [4.78, 5) is 27.4. The lowest BCUT2D eigenvalue weighted by Crippen LogP contribution is -2.19. The molecule has 1 N–H and O–H groups in total.